The summed E-state index contributed by atoms with van der Waals surface area (Å²) < 4.78 is 27.0. The Morgan fingerprint density at radius 1 is 1.42 bits per heavy atom. The van der Waals surface area contributed by atoms with Crippen molar-refractivity contribution in [2.45, 2.75) is 16.5 Å². The summed E-state index contributed by atoms with van der Waals surface area (Å²) in [6.45, 7) is 0. The lowest BCUT2D eigenvalue weighted by Gasteiger charge is -2.01. The molecule has 3 nitrogen and oxygen atoms in total. The summed E-state index contributed by atoms with van der Waals surface area (Å²) in [6, 6.07) is 3.30. The molecule has 0 aliphatic carbocycles. The predicted molar refractivity (Wildman–Crippen MR) is 69.4 cm³/mol. The van der Waals surface area contributed by atoms with Crippen molar-refractivity contribution in [1.82, 2.24) is 4.98 Å². The van der Waals surface area contributed by atoms with Crippen LogP contribution in [0.2, 0.25) is 0 Å². The van der Waals surface area contributed by atoms with E-state index in [0.717, 1.165) is 18.2 Å². The second-order valence-electron chi connectivity index (χ2n) is 3.70. The van der Waals surface area contributed by atoms with Crippen LogP contribution in [0.15, 0.2) is 27.9 Å². The first-order chi connectivity index (χ1) is 9.04. The molecule has 2 aromatic rings. The minimum Gasteiger partial charge on any atom is -0.481 e. The van der Waals surface area contributed by atoms with Gasteiger partial charge in [-0.3, -0.25) is 4.79 Å². The molecule has 1 aromatic carbocycles. The molecule has 19 heavy (non-hydrogen) atoms. The van der Waals surface area contributed by atoms with Crippen LogP contribution < -0.4 is 0 Å². The summed E-state index contributed by atoms with van der Waals surface area (Å²) in [6.07, 6.45) is -0.134. The van der Waals surface area contributed by atoms with E-state index < -0.39 is 17.6 Å². The lowest BCUT2D eigenvalue weighted by atomic mass is 10.2. The van der Waals surface area contributed by atoms with Crippen molar-refractivity contribution in [1.29, 1.82) is 0 Å². The fourth-order valence-corrected chi connectivity index (χ4v) is 3.20. The zero-order valence-corrected chi connectivity index (χ0v) is 11.2. The van der Waals surface area contributed by atoms with Crippen molar-refractivity contribution in [2.24, 2.45) is 0 Å². The SMILES string of the molecule is O=C(O)Cc1csc(SCc2cc(F)ccc2F)n1. The van der Waals surface area contributed by atoms with Gasteiger partial charge in [0.2, 0.25) is 0 Å². The van der Waals surface area contributed by atoms with E-state index in [2.05, 4.69) is 4.98 Å². The first-order valence-corrected chi connectivity index (χ1v) is 7.14. The van der Waals surface area contributed by atoms with Crippen LogP contribution in [-0.2, 0) is 17.0 Å². The number of aromatic nitrogens is 1. The highest BCUT2D eigenvalue weighted by Crippen LogP contribution is 2.27. The highest BCUT2D eigenvalue weighted by atomic mass is 32.2. The van der Waals surface area contributed by atoms with Crippen molar-refractivity contribution in [3.8, 4) is 0 Å². The highest BCUT2D eigenvalue weighted by molar-refractivity contribution is 8.00. The van der Waals surface area contributed by atoms with Crippen LogP contribution in [0.25, 0.3) is 0 Å². The summed E-state index contributed by atoms with van der Waals surface area (Å²) in [5, 5.41) is 10.3. The summed E-state index contributed by atoms with van der Waals surface area (Å²) in [5.41, 5.74) is 0.736. The predicted octanol–water partition coefficient (Wildman–Crippen LogP) is 3.34. The average Bonchev–Trinajstić information content (AvgIpc) is 2.77. The van der Waals surface area contributed by atoms with Gasteiger partial charge in [0.25, 0.3) is 0 Å². The Morgan fingerprint density at radius 2 is 2.21 bits per heavy atom. The number of benzene rings is 1. The van der Waals surface area contributed by atoms with Gasteiger partial charge in [0, 0.05) is 16.7 Å². The minimum absolute atomic E-state index is 0.134. The van der Waals surface area contributed by atoms with Gasteiger partial charge < -0.3 is 5.11 Å². The topological polar surface area (TPSA) is 50.2 Å². The Balaban J connectivity index is 2.00. The normalized spacial score (nSPS) is 10.6. The Bertz CT molecular complexity index is 601. The van der Waals surface area contributed by atoms with Gasteiger partial charge in [-0.15, -0.1) is 11.3 Å². The summed E-state index contributed by atoms with van der Waals surface area (Å²) in [4.78, 5) is 14.6. The van der Waals surface area contributed by atoms with Gasteiger partial charge in [0.15, 0.2) is 0 Å². The van der Waals surface area contributed by atoms with Crippen LogP contribution in [0.4, 0.5) is 8.78 Å². The zero-order valence-electron chi connectivity index (χ0n) is 9.60. The molecule has 0 radical (unpaired) electrons. The molecule has 0 spiro atoms. The number of carbonyl (C=O) groups is 1. The maximum atomic E-state index is 13.4. The Hall–Kier alpha value is -1.47. The third-order valence-electron chi connectivity index (χ3n) is 2.22. The molecule has 0 saturated heterocycles. The molecule has 0 fully saturated rings. The third-order valence-corrected chi connectivity index (χ3v) is 4.34. The molecular formula is C12H9F2NO2S2. The number of aliphatic carboxylic acids is 1. The van der Waals surface area contributed by atoms with Gasteiger partial charge in [0.1, 0.15) is 16.0 Å². The summed E-state index contributed by atoms with van der Waals surface area (Å²) in [7, 11) is 0. The largest absolute Gasteiger partial charge is 0.481 e. The highest BCUT2D eigenvalue weighted by Gasteiger charge is 2.09. The molecule has 0 aliphatic rings. The number of hydrogen-bond acceptors (Lipinski definition) is 4. The fraction of sp³-hybridized carbons (Fsp3) is 0.167. The minimum atomic E-state index is -0.946. The number of rotatable bonds is 5. The molecule has 2 rings (SSSR count). The van der Waals surface area contributed by atoms with Crippen LogP contribution in [0.3, 0.4) is 0 Å². The molecule has 100 valence electrons. The number of nitrogens with zero attached hydrogens (tertiary/aromatic N) is 1. The molecule has 0 atom stereocenters. The van der Waals surface area contributed by atoms with Crippen LogP contribution in [0, 0.1) is 11.6 Å². The van der Waals surface area contributed by atoms with Gasteiger partial charge in [-0.05, 0) is 18.2 Å². The van der Waals surface area contributed by atoms with E-state index >= 15 is 0 Å². The molecule has 7 heteroatoms. The second kappa shape index (κ2) is 6.12. The van der Waals surface area contributed by atoms with Crippen LogP contribution >= 0.6 is 23.1 Å². The number of carboxylic acids is 1. The van der Waals surface area contributed by atoms with Crippen molar-refractivity contribution >= 4 is 29.1 Å². The number of hydrogen-bond donors (Lipinski definition) is 1. The standard InChI is InChI=1S/C12H9F2NO2S2/c13-8-1-2-10(14)7(3-8)5-18-12-15-9(6-19-12)4-11(16)17/h1-3,6H,4-5H2,(H,16,17). The summed E-state index contributed by atoms with van der Waals surface area (Å²) >= 11 is 2.55. The van der Waals surface area contributed by atoms with E-state index in [-0.39, 0.29) is 17.7 Å². The number of thioether (sulfide) groups is 1. The molecule has 0 aliphatic heterocycles. The molecule has 0 unspecified atom stereocenters. The Labute approximate surface area is 116 Å². The number of thiazole rings is 1. The number of carboxylic acid groups (broad SMARTS) is 1. The molecule has 1 heterocycles. The van der Waals surface area contributed by atoms with E-state index in [9.17, 15) is 13.6 Å². The fourth-order valence-electron chi connectivity index (χ4n) is 1.38. The van der Waals surface area contributed by atoms with Gasteiger partial charge in [0.05, 0.1) is 12.1 Å². The van der Waals surface area contributed by atoms with Crippen LogP contribution in [0.5, 0.6) is 0 Å². The van der Waals surface area contributed by atoms with Gasteiger partial charge in [-0.2, -0.15) is 0 Å². The molecule has 0 bridgehead atoms. The van der Waals surface area contributed by atoms with Crippen molar-refractivity contribution in [2.75, 3.05) is 0 Å². The summed E-state index contributed by atoms with van der Waals surface area (Å²) in [5.74, 6) is -1.64. The number of halogens is 2. The molecule has 0 amide bonds. The van der Waals surface area contributed by atoms with Crippen LogP contribution in [0.1, 0.15) is 11.3 Å². The lowest BCUT2D eigenvalue weighted by molar-refractivity contribution is -0.136. The van der Waals surface area contributed by atoms with Gasteiger partial charge >= 0.3 is 5.97 Å². The Kier molecular flexibility index (Phi) is 4.49. The molecule has 0 saturated carbocycles. The lowest BCUT2D eigenvalue weighted by Crippen LogP contribution is -1.99. The maximum absolute atomic E-state index is 13.4. The van der Waals surface area contributed by atoms with E-state index in [4.69, 9.17) is 5.11 Å². The smallest absolute Gasteiger partial charge is 0.309 e. The quantitative estimate of drug-likeness (QED) is 0.861. The van der Waals surface area contributed by atoms with Crippen molar-refractivity contribution in [3.05, 3.63) is 46.5 Å². The van der Waals surface area contributed by atoms with E-state index in [1.165, 1.54) is 23.1 Å². The third kappa shape index (κ3) is 4.00. The van der Waals surface area contributed by atoms with Gasteiger partial charge in [-0.1, -0.05) is 11.8 Å². The Morgan fingerprint density at radius 3 is 2.95 bits per heavy atom. The zero-order chi connectivity index (χ0) is 13.8. The first kappa shape index (κ1) is 14.0. The molecule has 1 aromatic heterocycles. The van der Waals surface area contributed by atoms with Crippen molar-refractivity contribution in [3.63, 3.8) is 0 Å². The maximum Gasteiger partial charge on any atom is 0.309 e. The monoisotopic (exact) mass is 301 g/mol. The van der Waals surface area contributed by atoms with Crippen molar-refractivity contribution < 1.29 is 18.7 Å². The molecule has 1 N–H and O–H groups in total. The average molecular weight is 301 g/mol. The van der Waals surface area contributed by atoms with Gasteiger partial charge in [-0.25, -0.2) is 13.8 Å². The second-order valence-corrected chi connectivity index (χ2v) is 5.78. The van der Waals surface area contributed by atoms with Crippen LogP contribution in [-0.4, -0.2) is 16.1 Å². The first-order valence-electron chi connectivity index (χ1n) is 5.27. The molecular weight excluding hydrogens is 292 g/mol. The van der Waals surface area contributed by atoms with E-state index in [1.807, 2.05) is 0 Å². The van der Waals surface area contributed by atoms with E-state index in [0.29, 0.717) is 10.0 Å². The van der Waals surface area contributed by atoms with E-state index in [1.54, 1.807) is 5.38 Å².